The summed E-state index contributed by atoms with van der Waals surface area (Å²) in [4.78, 5) is 29.3. The summed E-state index contributed by atoms with van der Waals surface area (Å²) in [5, 5.41) is 19.5. The number of β-amino-alcohol motifs (C(OH)–C–C–N with tert-alkyl or cyclic N) is 1. The van der Waals surface area contributed by atoms with Gasteiger partial charge in [-0.1, -0.05) is 12.1 Å². The van der Waals surface area contributed by atoms with Gasteiger partial charge in [0.2, 0.25) is 0 Å². The van der Waals surface area contributed by atoms with E-state index in [9.17, 15) is 19.8 Å². The number of pyridine rings is 1. The summed E-state index contributed by atoms with van der Waals surface area (Å²) in [5.74, 6) is -1.49. The van der Waals surface area contributed by atoms with Crippen molar-refractivity contribution in [3.8, 4) is 0 Å². The number of aromatic nitrogens is 1. The van der Waals surface area contributed by atoms with Gasteiger partial charge < -0.3 is 15.1 Å². The molecule has 108 valence electrons. The Morgan fingerprint density at radius 2 is 2.05 bits per heavy atom. The standard InChI is InChI=1S/C15H14N2O4/c18-9-7-13(15(20)21)17(8-9)14(19)11-3-1-5-12-10(11)4-2-6-16-12/h1-6,9,13,18H,7-8H2,(H,20,21)/t9-,13+/m1/s1. The molecule has 21 heavy (non-hydrogen) atoms. The molecule has 0 spiro atoms. The Hall–Kier alpha value is -2.47. The van der Waals surface area contributed by atoms with Gasteiger partial charge in [-0.15, -0.1) is 0 Å². The molecule has 0 saturated carbocycles. The summed E-state index contributed by atoms with van der Waals surface area (Å²) in [5.41, 5.74) is 1.08. The van der Waals surface area contributed by atoms with Crippen LogP contribution in [0.2, 0.25) is 0 Å². The van der Waals surface area contributed by atoms with E-state index in [1.807, 2.05) is 0 Å². The molecule has 3 rings (SSSR count). The third kappa shape index (κ3) is 2.34. The number of amides is 1. The number of carboxylic acid groups (broad SMARTS) is 1. The van der Waals surface area contributed by atoms with E-state index in [2.05, 4.69) is 4.98 Å². The van der Waals surface area contributed by atoms with Crippen LogP contribution >= 0.6 is 0 Å². The molecule has 0 aliphatic carbocycles. The largest absolute Gasteiger partial charge is 0.480 e. The maximum atomic E-state index is 12.6. The number of nitrogens with zero attached hydrogens (tertiary/aromatic N) is 2. The lowest BCUT2D eigenvalue weighted by Crippen LogP contribution is -2.40. The minimum absolute atomic E-state index is 0.0342. The second-order valence-corrected chi connectivity index (χ2v) is 5.08. The van der Waals surface area contributed by atoms with Crippen LogP contribution in [-0.4, -0.2) is 50.7 Å². The van der Waals surface area contributed by atoms with Gasteiger partial charge in [0.25, 0.3) is 5.91 Å². The second-order valence-electron chi connectivity index (χ2n) is 5.08. The zero-order valence-corrected chi connectivity index (χ0v) is 11.1. The fraction of sp³-hybridized carbons (Fsp3) is 0.267. The third-order valence-corrected chi connectivity index (χ3v) is 3.70. The van der Waals surface area contributed by atoms with Crippen LogP contribution in [0.1, 0.15) is 16.8 Å². The van der Waals surface area contributed by atoms with Gasteiger partial charge in [0.15, 0.2) is 0 Å². The van der Waals surface area contributed by atoms with Gasteiger partial charge in [-0.2, -0.15) is 0 Å². The molecule has 2 atom stereocenters. The van der Waals surface area contributed by atoms with Gasteiger partial charge in [-0.25, -0.2) is 4.79 Å². The Morgan fingerprint density at radius 3 is 2.81 bits per heavy atom. The van der Waals surface area contributed by atoms with Gasteiger partial charge in [-0.3, -0.25) is 9.78 Å². The number of carbonyl (C=O) groups is 2. The van der Waals surface area contributed by atoms with E-state index < -0.39 is 24.0 Å². The number of carboxylic acids is 1. The topological polar surface area (TPSA) is 90.7 Å². The number of hydrogen-bond acceptors (Lipinski definition) is 4. The van der Waals surface area contributed by atoms with Gasteiger partial charge >= 0.3 is 5.97 Å². The Kier molecular flexibility index (Phi) is 3.31. The predicted molar refractivity (Wildman–Crippen MR) is 74.8 cm³/mol. The highest BCUT2D eigenvalue weighted by molar-refractivity contribution is 6.07. The molecule has 0 unspecified atom stereocenters. The van der Waals surface area contributed by atoms with Crippen LogP contribution < -0.4 is 0 Å². The molecule has 1 fully saturated rings. The molecule has 1 aromatic heterocycles. The zero-order valence-electron chi connectivity index (χ0n) is 11.1. The van der Waals surface area contributed by atoms with Crippen molar-refractivity contribution in [3.05, 3.63) is 42.1 Å². The number of aliphatic hydroxyl groups is 1. The minimum atomic E-state index is -1.10. The molecule has 1 aliphatic heterocycles. The molecule has 1 saturated heterocycles. The summed E-state index contributed by atoms with van der Waals surface area (Å²) in [6.07, 6.45) is 0.892. The van der Waals surface area contributed by atoms with E-state index >= 15 is 0 Å². The smallest absolute Gasteiger partial charge is 0.326 e. The summed E-state index contributed by atoms with van der Waals surface area (Å²) in [7, 11) is 0. The van der Waals surface area contributed by atoms with E-state index in [1.54, 1.807) is 36.5 Å². The van der Waals surface area contributed by atoms with Crippen molar-refractivity contribution in [2.24, 2.45) is 0 Å². The number of carbonyl (C=O) groups excluding carboxylic acids is 1. The second kappa shape index (κ2) is 5.14. The van der Waals surface area contributed by atoms with Crippen LogP contribution in [0.15, 0.2) is 36.5 Å². The lowest BCUT2D eigenvalue weighted by atomic mass is 10.1. The molecule has 6 heteroatoms. The molecule has 0 bridgehead atoms. The molecule has 1 amide bonds. The summed E-state index contributed by atoms with van der Waals surface area (Å²) < 4.78 is 0. The minimum Gasteiger partial charge on any atom is -0.480 e. The number of aliphatic hydroxyl groups excluding tert-OH is 1. The summed E-state index contributed by atoms with van der Waals surface area (Å²) >= 11 is 0. The summed E-state index contributed by atoms with van der Waals surface area (Å²) in [6.45, 7) is 0.0342. The maximum Gasteiger partial charge on any atom is 0.326 e. The zero-order chi connectivity index (χ0) is 15.0. The van der Waals surface area contributed by atoms with Crippen molar-refractivity contribution in [1.82, 2.24) is 9.88 Å². The lowest BCUT2D eigenvalue weighted by molar-refractivity contribution is -0.141. The first-order valence-corrected chi connectivity index (χ1v) is 6.63. The fourth-order valence-electron chi connectivity index (χ4n) is 2.72. The van der Waals surface area contributed by atoms with E-state index in [0.717, 1.165) is 0 Å². The van der Waals surface area contributed by atoms with Crippen molar-refractivity contribution >= 4 is 22.8 Å². The van der Waals surface area contributed by atoms with Crippen LogP contribution in [0.4, 0.5) is 0 Å². The van der Waals surface area contributed by atoms with Crippen molar-refractivity contribution in [1.29, 1.82) is 0 Å². The average Bonchev–Trinajstić information content (AvgIpc) is 2.88. The fourth-order valence-corrected chi connectivity index (χ4v) is 2.72. The highest BCUT2D eigenvalue weighted by atomic mass is 16.4. The average molecular weight is 286 g/mol. The van der Waals surface area contributed by atoms with E-state index in [1.165, 1.54) is 4.90 Å². The molecule has 2 aromatic rings. The van der Waals surface area contributed by atoms with Crippen LogP contribution in [0.5, 0.6) is 0 Å². The molecule has 0 radical (unpaired) electrons. The van der Waals surface area contributed by atoms with Crippen LogP contribution in [0.3, 0.4) is 0 Å². The molecular formula is C15H14N2O4. The number of likely N-dealkylation sites (tertiary alicyclic amines) is 1. The third-order valence-electron chi connectivity index (χ3n) is 3.70. The Labute approximate surface area is 120 Å². The summed E-state index contributed by atoms with van der Waals surface area (Å²) in [6, 6.07) is 7.67. The Bertz CT molecular complexity index is 710. The quantitative estimate of drug-likeness (QED) is 0.855. The first-order chi connectivity index (χ1) is 10.1. The molecular weight excluding hydrogens is 272 g/mol. The first kappa shape index (κ1) is 13.5. The van der Waals surface area contributed by atoms with E-state index in [0.29, 0.717) is 16.5 Å². The van der Waals surface area contributed by atoms with Crippen LogP contribution in [0.25, 0.3) is 10.9 Å². The number of benzene rings is 1. The van der Waals surface area contributed by atoms with E-state index in [-0.39, 0.29) is 13.0 Å². The monoisotopic (exact) mass is 286 g/mol. The number of fused-ring (bicyclic) bond motifs is 1. The molecule has 1 aromatic carbocycles. The van der Waals surface area contributed by atoms with E-state index in [4.69, 9.17) is 0 Å². The number of rotatable bonds is 2. The van der Waals surface area contributed by atoms with Gasteiger partial charge in [0.05, 0.1) is 11.6 Å². The van der Waals surface area contributed by atoms with Crippen molar-refractivity contribution < 1.29 is 19.8 Å². The van der Waals surface area contributed by atoms with Crippen molar-refractivity contribution in [3.63, 3.8) is 0 Å². The highest BCUT2D eigenvalue weighted by Crippen LogP contribution is 2.24. The van der Waals surface area contributed by atoms with Gasteiger partial charge in [-0.05, 0) is 18.2 Å². The van der Waals surface area contributed by atoms with Gasteiger partial charge in [0, 0.05) is 30.1 Å². The van der Waals surface area contributed by atoms with Crippen LogP contribution in [0, 0.1) is 0 Å². The molecule has 2 heterocycles. The molecule has 2 N–H and O–H groups in total. The van der Waals surface area contributed by atoms with Crippen molar-refractivity contribution in [2.45, 2.75) is 18.6 Å². The Balaban J connectivity index is 2.02. The first-order valence-electron chi connectivity index (χ1n) is 6.63. The maximum absolute atomic E-state index is 12.6. The SMILES string of the molecule is O=C(O)[C@@H]1C[C@@H](O)CN1C(=O)c1cccc2ncccc12. The van der Waals surface area contributed by atoms with Crippen LogP contribution in [-0.2, 0) is 4.79 Å². The molecule has 1 aliphatic rings. The predicted octanol–water partition coefficient (Wildman–Crippen LogP) is 0.895. The highest BCUT2D eigenvalue weighted by Gasteiger charge is 2.39. The van der Waals surface area contributed by atoms with Crippen molar-refractivity contribution in [2.75, 3.05) is 6.54 Å². The number of hydrogen-bond donors (Lipinski definition) is 2. The number of aliphatic carboxylic acids is 1. The Morgan fingerprint density at radius 1 is 1.24 bits per heavy atom. The normalized spacial score (nSPS) is 21.7. The molecule has 6 nitrogen and oxygen atoms in total. The van der Waals surface area contributed by atoms with Gasteiger partial charge in [0.1, 0.15) is 6.04 Å². The lowest BCUT2D eigenvalue weighted by Gasteiger charge is -2.21.